The Morgan fingerprint density at radius 2 is 1.43 bits per heavy atom. The maximum atomic E-state index is 14.1. The van der Waals surface area contributed by atoms with Gasteiger partial charge in [-0.25, -0.2) is 13.2 Å². The molecule has 388 valence electrons. The number of aromatic nitrogens is 2. The highest BCUT2D eigenvalue weighted by Gasteiger charge is 2.44. The Morgan fingerprint density at radius 3 is 2.14 bits per heavy atom. The predicted octanol–water partition coefficient (Wildman–Crippen LogP) is 6.15. The number of imidazole rings is 1. The number of rotatable bonds is 26. The van der Waals surface area contributed by atoms with Gasteiger partial charge >= 0.3 is 5.69 Å². The number of imide groups is 1. The van der Waals surface area contributed by atoms with Crippen molar-refractivity contribution in [3.8, 4) is 23.0 Å². The molecule has 0 radical (unpaired) electrons. The third-order valence-corrected chi connectivity index (χ3v) is 14.1. The van der Waals surface area contributed by atoms with E-state index >= 15 is 0 Å². The molecule has 19 nitrogen and oxygen atoms in total. The quantitative estimate of drug-likeness (QED) is 0.0270. The maximum absolute atomic E-state index is 14.1. The number of benzene rings is 4. The summed E-state index contributed by atoms with van der Waals surface area (Å²) >= 11 is 0. The number of hydrogen-bond acceptors (Lipinski definition) is 14. The summed E-state index contributed by atoms with van der Waals surface area (Å²) in [5.41, 5.74) is 2.24. The molecule has 5 aromatic rings. The second-order valence-corrected chi connectivity index (χ2v) is 20.3. The molecule has 4 aromatic carbocycles. The van der Waals surface area contributed by atoms with Crippen LogP contribution in [0.5, 0.6) is 23.0 Å². The third-order valence-electron chi connectivity index (χ3n) is 12.8. The fraction of sp³-hybridized carbons (Fsp3) is 0.462. The molecule has 3 unspecified atom stereocenters. The molecule has 6 N–H and O–H groups in total. The van der Waals surface area contributed by atoms with E-state index in [4.69, 9.17) is 14.2 Å². The average molecular weight is 1010 g/mol. The highest BCUT2D eigenvalue weighted by molar-refractivity contribution is 7.92. The number of piperidine rings is 1. The van der Waals surface area contributed by atoms with Gasteiger partial charge in [-0.05, 0) is 108 Å². The van der Waals surface area contributed by atoms with Gasteiger partial charge in [0.15, 0.2) is 5.75 Å². The first-order valence-corrected chi connectivity index (χ1v) is 26.2. The summed E-state index contributed by atoms with van der Waals surface area (Å²) < 4.78 is 52.2. The zero-order valence-electron chi connectivity index (χ0n) is 41.7. The van der Waals surface area contributed by atoms with Gasteiger partial charge in [0.25, 0.3) is 27.7 Å². The molecule has 0 aliphatic carbocycles. The van der Waals surface area contributed by atoms with Crippen molar-refractivity contribution in [1.82, 2.24) is 29.6 Å². The van der Waals surface area contributed by atoms with Crippen molar-refractivity contribution in [1.29, 1.82) is 0 Å². The van der Waals surface area contributed by atoms with Crippen LogP contribution in [0.2, 0.25) is 0 Å². The molecular formula is C52H68N8O11S. The minimum atomic E-state index is -4.30. The van der Waals surface area contributed by atoms with Crippen LogP contribution in [0, 0.1) is 0 Å². The lowest BCUT2D eigenvalue weighted by molar-refractivity contribution is -0.0413. The monoisotopic (exact) mass is 1010 g/mol. The molecule has 2 aliphatic rings. The lowest BCUT2D eigenvalue weighted by Crippen LogP contribution is -2.58. The number of hydrogen-bond donors (Lipinski definition) is 6. The minimum Gasteiger partial charge on any atom is -0.493 e. The van der Waals surface area contributed by atoms with Gasteiger partial charge < -0.3 is 40.0 Å². The first-order chi connectivity index (χ1) is 34.5. The van der Waals surface area contributed by atoms with E-state index in [1.165, 1.54) is 27.3 Å². The first-order valence-electron chi connectivity index (χ1n) is 24.8. The Balaban J connectivity index is 0.898. The van der Waals surface area contributed by atoms with Gasteiger partial charge in [0, 0.05) is 62.7 Å². The van der Waals surface area contributed by atoms with Crippen molar-refractivity contribution in [3.63, 3.8) is 0 Å². The fourth-order valence-corrected chi connectivity index (χ4v) is 9.96. The number of nitrogens with zero attached hydrogens (tertiary/aromatic N) is 4. The smallest absolute Gasteiger partial charge is 0.328 e. The van der Waals surface area contributed by atoms with Gasteiger partial charge in [-0.15, -0.1) is 0 Å². The van der Waals surface area contributed by atoms with Gasteiger partial charge in [0.05, 0.1) is 52.0 Å². The normalized spacial score (nSPS) is 16.8. The number of ether oxygens (including phenoxy) is 3. The molecule has 20 heteroatoms. The number of aryl methyl sites for hydroxylation is 2. The summed E-state index contributed by atoms with van der Waals surface area (Å²) in [5.74, 6) is 0.192. The zero-order valence-corrected chi connectivity index (χ0v) is 42.6. The van der Waals surface area contributed by atoms with Crippen LogP contribution in [0.1, 0.15) is 109 Å². The topological polar surface area (TPSA) is 235 Å². The Hall–Kier alpha value is -6.45. The van der Waals surface area contributed by atoms with E-state index in [-0.39, 0.29) is 33.1 Å². The molecule has 3 amide bonds. The second-order valence-electron chi connectivity index (χ2n) is 18.6. The number of unbranched alkanes of at least 4 members (excludes halogenated alkanes) is 6. The molecule has 0 spiro atoms. The van der Waals surface area contributed by atoms with Crippen LogP contribution < -0.4 is 40.6 Å². The molecule has 0 bridgehead atoms. The molecule has 1 saturated heterocycles. The van der Waals surface area contributed by atoms with Crippen molar-refractivity contribution in [2.24, 2.45) is 14.1 Å². The molecular weight excluding hydrogens is 945 g/mol. The molecule has 1 fully saturated rings. The van der Waals surface area contributed by atoms with Crippen LogP contribution in [0.3, 0.4) is 0 Å². The number of anilines is 2. The van der Waals surface area contributed by atoms with Gasteiger partial charge in [0.1, 0.15) is 29.7 Å². The number of amides is 3. The van der Waals surface area contributed by atoms with Crippen LogP contribution >= 0.6 is 0 Å². The predicted molar refractivity (Wildman–Crippen MR) is 275 cm³/mol. The molecule has 2 aliphatic heterocycles. The number of fused-ring (bicyclic) bond motifs is 2. The van der Waals surface area contributed by atoms with E-state index in [0.717, 1.165) is 74.9 Å². The Kier molecular flexibility index (Phi) is 18.0. The molecule has 3 heterocycles. The minimum absolute atomic E-state index is 0.0716. The van der Waals surface area contributed by atoms with E-state index in [1.807, 2.05) is 21.0 Å². The van der Waals surface area contributed by atoms with Crippen LogP contribution in [-0.4, -0.2) is 121 Å². The molecule has 3 atom stereocenters. The Labute approximate surface area is 420 Å². The summed E-state index contributed by atoms with van der Waals surface area (Å²) in [5, 5.41) is 29.0. The average Bonchev–Trinajstić information content (AvgIpc) is 3.72. The van der Waals surface area contributed by atoms with Crippen LogP contribution in [0.4, 0.5) is 11.4 Å². The van der Waals surface area contributed by atoms with E-state index in [1.54, 1.807) is 68.7 Å². The third kappa shape index (κ3) is 13.1. The Bertz CT molecular complexity index is 2900. The maximum Gasteiger partial charge on any atom is 0.328 e. The standard InChI is InChI=1S/C52H68N8O11S/c1-6-25-69-36-29-37(70-26-14-13-24-57(2)3)31-38(30-36)71-46-33-45-44(58(4)52(66)59(45)5)32-42(46)56-72(67,68)39-17-15-16-34(27-39)48(62)54-23-12-10-8-7-9-11-22-53-35-18-19-40-41(28-35)51(65)60(50(40)64)43-20-21-47(61)55-49(43)63/h15-19,27-33,43,47,49,53,55-56,61,63H,6-14,20-26H2,1-5H3,(H,54,62). The largest absolute Gasteiger partial charge is 0.493 e. The number of carbonyl (C=O) groups excluding carboxylic acids is 3. The summed E-state index contributed by atoms with van der Waals surface area (Å²) in [7, 11) is 2.97. The second kappa shape index (κ2) is 24.3. The number of aliphatic hydroxyl groups excluding tert-OH is 2. The van der Waals surface area contributed by atoms with Gasteiger partial charge in [0.2, 0.25) is 0 Å². The van der Waals surface area contributed by atoms with Crippen molar-refractivity contribution in [2.75, 3.05) is 57.0 Å². The lowest BCUT2D eigenvalue weighted by Gasteiger charge is -2.36. The van der Waals surface area contributed by atoms with E-state index < -0.39 is 46.2 Å². The lowest BCUT2D eigenvalue weighted by atomic mass is 10.0. The van der Waals surface area contributed by atoms with Gasteiger partial charge in [-0.1, -0.05) is 38.7 Å². The molecule has 72 heavy (non-hydrogen) atoms. The van der Waals surface area contributed by atoms with Gasteiger partial charge in [-0.2, -0.15) is 0 Å². The van der Waals surface area contributed by atoms with Crippen LogP contribution in [0.15, 0.2) is 82.5 Å². The number of aliphatic hydroxyl groups is 2. The van der Waals surface area contributed by atoms with E-state index in [2.05, 4.69) is 25.6 Å². The molecule has 7 rings (SSSR count). The summed E-state index contributed by atoms with van der Waals surface area (Å²) in [6, 6.07) is 18.5. The zero-order chi connectivity index (χ0) is 51.5. The van der Waals surface area contributed by atoms with Crippen molar-refractivity contribution in [2.45, 2.75) is 101 Å². The van der Waals surface area contributed by atoms with Crippen LogP contribution in [0.25, 0.3) is 11.0 Å². The highest BCUT2D eigenvalue weighted by Crippen LogP contribution is 2.38. The summed E-state index contributed by atoms with van der Waals surface area (Å²) in [6.07, 6.45) is 6.50. The number of sulfonamides is 1. The van der Waals surface area contributed by atoms with Crippen molar-refractivity contribution >= 4 is 50.2 Å². The van der Waals surface area contributed by atoms with Gasteiger partial charge in [-0.3, -0.25) is 38.5 Å². The van der Waals surface area contributed by atoms with Crippen molar-refractivity contribution < 1.29 is 47.2 Å². The first kappa shape index (κ1) is 53.4. The van der Waals surface area contributed by atoms with E-state index in [9.17, 15) is 37.8 Å². The number of nitrogens with one attached hydrogen (secondary N) is 4. The highest BCUT2D eigenvalue weighted by atomic mass is 32.2. The van der Waals surface area contributed by atoms with Crippen molar-refractivity contribution in [3.05, 3.63) is 100.0 Å². The fourth-order valence-electron chi connectivity index (χ4n) is 8.85. The Morgan fingerprint density at radius 1 is 0.764 bits per heavy atom. The van der Waals surface area contributed by atoms with Crippen LogP contribution in [-0.2, 0) is 24.1 Å². The summed E-state index contributed by atoms with van der Waals surface area (Å²) in [4.78, 5) is 55.6. The molecule has 0 saturated carbocycles. The van der Waals surface area contributed by atoms with E-state index in [0.29, 0.717) is 73.0 Å². The summed E-state index contributed by atoms with van der Waals surface area (Å²) in [6.45, 7) is 4.96. The SMILES string of the molecule is CCCOc1cc(OCCCCN(C)C)cc(Oc2cc3c(cc2NS(=O)(=O)c2cccc(C(=O)NCCCCCCCCNc4ccc5c(c4)C(=O)N(C4CCC(O)NC4O)C5=O)c2)n(C)c(=O)n3C)c1. The molecule has 1 aromatic heterocycles. The number of carbonyl (C=O) groups is 3.